The number of rotatable bonds is 28. The third-order valence-corrected chi connectivity index (χ3v) is 9.61. The van der Waals surface area contributed by atoms with E-state index in [0.717, 1.165) is 70.6 Å². The van der Waals surface area contributed by atoms with Gasteiger partial charge in [-0.3, -0.25) is 0 Å². The molecule has 0 radical (unpaired) electrons. The zero-order valence-electron chi connectivity index (χ0n) is 28.3. The molecule has 0 aliphatic carbocycles. The third-order valence-electron chi connectivity index (χ3n) is 9.61. The van der Waals surface area contributed by atoms with Gasteiger partial charge in [0.25, 0.3) is 0 Å². The van der Waals surface area contributed by atoms with E-state index in [2.05, 4.69) is 6.92 Å². The lowest BCUT2D eigenvalue weighted by molar-refractivity contribution is -0.139. The van der Waals surface area contributed by atoms with Gasteiger partial charge in [0, 0.05) is 12.0 Å². The summed E-state index contributed by atoms with van der Waals surface area (Å²) in [4.78, 5) is 11.7. The van der Waals surface area contributed by atoms with Gasteiger partial charge in [-0.25, -0.2) is 4.79 Å². The highest BCUT2D eigenvalue weighted by Gasteiger charge is 2.34. The van der Waals surface area contributed by atoms with Crippen molar-refractivity contribution in [2.24, 2.45) is 0 Å². The lowest BCUT2D eigenvalue weighted by Gasteiger charge is -2.22. The van der Waals surface area contributed by atoms with Crippen LogP contribution in [0.15, 0.2) is 11.6 Å². The minimum atomic E-state index is -0.531. The Labute approximate surface area is 269 Å². The standard InChI is InChI=1S/C37H68O7/c1-3-4-5-6-7-8-9-10-11-12-13-17-23-33(40)35-25-26-36(44-35)34(41)24-19-18-21-31(38)20-15-14-16-22-32(39)28-30-27-29(2)43-37(30)42/h27,29,31-36,38-41H,3-26,28H2,1-2H3/t29?,31?,32?,33-,34+,35+,36+/m0/s1. The van der Waals surface area contributed by atoms with Crippen LogP contribution < -0.4 is 0 Å². The quantitative estimate of drug-likeness (QED) is 0.0518. The van der Waals surface area contributed by atoms with Gasteiger partial charge in [0.15, 0.2) is 0 Å². The molecule has 3 unspecified atom stereocenters. The van der Waals surface area contributed by atoms with Crippen LogP contribution in [0, 0.1) is 0 Å². The first kappa shape index (κ1) is 39.2. The minimum Gasteiger partial charge on any atom is -0.455 e. The molecule has 0 amide bonds. The van der Waals surface area contributed by atoms with E-state index in [-0.39, 0.29) is 30.4 Å². The van der Waals surface area contributed by atoms with E-state index in [9.17, 15) is 25.2 Å². The maximum atomic E-state index is 11.7. The average Bonchev–Trinajstić information content (AvgIpc) is 3.61. The van der Waals surface area contributed by atoms with Crippen LogP contribution in [0.1, 0.15) is 174 Å². The van der Waals surface area contributed by atoms with Gasteiger partial charge in [-0.05, 0) is 57.9 Å². The Morgan fingerprint density at radius 2 is 1.05 bits per heavy atom. The molecule has 2 aliphatic heterocycles. The maximum Gasteiger partial charge on any atom is 0.334 e. The normalized spacial score (nSPS) is 23.0. The Bertz CT molecular complexity index is 756. The highest BCUT2D eigenvalue weighted by atomic mass is 16.5. The van der Waals surface area contributed by atoms with Gasteiger partial charge in [-0.2, -0.15) is 0 Å². The molecule has 7 nitrogen and oxygen atoms in total. The topological polar surface area (TPSA) is 116 Å². The Balaban J connectivity index is 1.40. The largest absolute Gasteiger partial charge is 0.455 e. The Kier molecular flexibility index (Phi) is 21.6. The molecule has 0 aromatic rings. The summed E-state index contributed by atoms with van der Waals surface area (Å²) in [5.41, 5.74) is 0.576. The van der Waals surface area contributed by atoms with Crippen molar-refractivity contribution in [3.63, 3.8) is 0 Å². The molecule has 0 spiro atoms. The first-order valence-electron chi connectivity index (χ1n) is 18.6. The highest BCUT2D eigenvalue weighted by molar-refractivity contribution is 5.90. The molecule has 7 atom stereocenters. The monoisotopic (exact) mass is 624 g/mol. The maximum absolute atomic E-state index is 11.7. The second-order valence-corrected chi connectivity index (χ2v) is 13.8. The first-order chi connectivity index (χ1) is 21.3. The lowest BCUT2D eigenvalue weighted by atomic mass is 9.99. The van der Waals surface area contributed by atoms with Crippen LogP contribution in [0.4, 0.5) is 0 Å². The smallest absolute Gasteiger partial charge is 0.334 e. The molecule has 4 N–H and O–H groups in total. The summed E-state index contributed by atoms with van der Waals surface area (Å²) in [6, 6.07) is 0. The SMILES string of the molecule is CCCCCCCCCCCCCC[C@H](O)[C@H]1CC[C@H]([C@H](O)CCCCC(O)CCCCCC(O)CC2=CC(C)OC2=O)O1. The molecule has 7 heteroatoms. The number of hydrogen-bond donors (Lipinski definition) is 4. The molecule has 2 rings (SSSR count). The molecule has 258 valence electrons. The number of unbranched alkanes of at least 4 members (excludes halogenated alkanes) is 14. The van der Waals surface area contributed by atoms with E-state index >= 15 is 0 Å². The van der Waals surface area contributed by atoms with Gasteiger partial charge in [0.05, 0.1) is 36.6 Å². The first-order valence-corrected chi connectivity index (χ1v) is 18.6. The van der Waals surface area contributed by atoms with Gasteiger partial charge in [0.1, 0.15) is 6.10 Å². The van der Waals surface area contributed by atoms with Crippen molar-refractivity contribution in [2.45, 2.75) is 217 Å². The number of aliphatic hydroxyl groups is 4. The minimum absolute atomic E-state index is 0.148. The van der Waals surface area contributed by atoms with Crippen LogP contribution in [0.25, 0.3) is 0 Å². The van der Waals surface area contributed by atoms with Gasteiger partial charge in [0.2, 0.25) is 0 Å². The van der Waals surface area contributed by atoms with Gasteiger partial charge >= 0.3 is 5.97 Å². The Morgan fingerprint density at radius 3 is 1.55 bits per heavy atom. The van der Waals surface area contributed by atoms with E-state index in [4.69, 9.17) is 9.47 Å². The number of ether oxygens (including phenoxy) is 2. The van der Waals surface area contributed by atoms with Crippen molar-refractivity contribution in [3.05, 3.63) is 11.6 Å². The van der Waals surface area contributed by atoms with Crippen molar-refractivity contribution in [2.75, 3.05) is 0 Å². The molecular formula is C37H68O7. The predicted octanol–water partition coefficient (Wildman–Crippen LogP) is 7.84. The second kappa shape index (κ2) is 24.2. The van der Waals surface area contributed by atoms with Crippen molar-refractivity contribution in [1.29, 1.82) is 0 Å². The number of carbonyl (C=O) groups is 1. The average molecular weight is 625 g/mol. The Morgan fingerprint density at radius 1 is 0.636 bits per heavy atom. The van der Waals surface area contributed by atoms with Crippen LogP contribution >= 0.6 is 0 Å². The van der Waals surface area contributed by atoms with Crippen LogP contribution in [0.3, 0.4) is 0 Å². The molecule has 44 heavy (non-hydrogen) atoms. The third kappa shape index (κ3) is 17.6. The number of aliphatic hydroxyl groups excluding tert-OH is 4. The van der Waals surface area contributed by atoms with Crippen LogP contribution in [-0.2, 0) is 14.3 Å². The molecule has 0 bridgehead atoms. The molecule has 1 saturated heterocycles. The zero-order valence-corrected chi connectivity index (χ0v) is 28.3. The number of hydrogen-bond acceptors (Lipinski definition) is 7. The molecule has 0 aromatic heterocycles. The van der Waals surface area contributed by atoms with Crippen LogP contribution in [0.5, 0.6) is 0 Å². The number of esters is 1. The molecule has 2 aliphatic rings. The second-order valence-electron chi connectivity index (χ2n) is 13.8. The van der Waals surface area contributed by atoms with Crippen molar-refractivity contribution >= 4 is 5.97 Å². The lowest BCUT2D eigenvalue weighted by Crippen LogP contribution is -2.31. The van der Waals surface area contributed by atoms with Crippen LogP contribution in [-0.4, -0.2) is 69.1 Å². The molecule has 0 aromatic carbocycles. The summed E-state index contributed by atoms with van der Waals surface area (Å²) >= 11 is 0. The fourth-order valence-electron chi connectivity index (χ4n) is 6.77. The fourth-order valence-corrected chi connectivity index (χ4v) is 6.77. The van der Waals surface area contributed by atoms with Crippen molar-refractivity contribution in [1.82, 2.24) is 0 Å². The summed E-state index contributed by atoms with van der Waals surface area (Å²) in [6.45, 7) is 4.08. The number of carbonyl (C=O) groups excluding carboxylic acids is 1. The van der Waals surface area contributed by atoms with E-state index < -0.39 is 18.3 Å². The molecule has 1 fully saturated rings. The van der Waals surface area contributed by atoms with Crippen molar-refractivity contribution < 1.29 is 34.7 Å². The fraction of sp³-hybridized carbons (Fsp3) is 0.919. The van der Waals surface area contributed by atoms with Crippen molar-refractivity contribution in [3.8, 4) is 0 Å². The van der Waals surface area contributed by atoms with E-state index in [1.807, 2.05) is 6.92 Å². The zero-order chi connectivity index (χ0) is 32.0. The summed E-state index contributed by atoms with van der Waals surface area (Å²) in [7, 11) is 0. The van der Waals surface area contributed by atoms with E-state index in [1.54, 1.807) is 6.08 Å². The molecule has 2 heterocycles. The number of cyclic esters (lactones) is 1. The molecular weight excluding hydrogens is 556 g/mol. The molecule has 0 saturated carbocycles. The highest BCUT2D eigenvalue weighted by Crippen LogP contribution is 2.28. The predicted molar refractivity (Wildman–Crippen MR) is 177 cm³/mol. The Hall–Kier alpha value is -0.990. The summed E-state index contributed by atoms with van der Waals surface area (Å²) < 4.78 is 11.1. The summed E-state index contributed by atoms with van der Waals surface area (Å²) in [5.74, 6) is -0.314. The summed E-state index contributed by atoms with van der Waals surface area (Å²) in [6.07, 6.45) is 25.2. The van der Waals surface area contributed by atoms with E-state index in [0.29, 0.717) is 24.8 Å². The van der Waals surface area contributed by atoms with Gasteiger partial charge < -0.3 is 29.9 Å². The van der Waals surface area contributed by atoms with Gasteiger partial charge in [-0.15, -0.1) is 0 Å². The van der Waals surface area contributed by atoms with Crippen LogP contribution in [0.2, 0.25) is 0 Å². The van der Waals surface area contributed by atoms with Gasteiger partial charge in [-0.1, -0.05) is 116 Å². The van der Waals surface area contributed by atoms with E-state index in [1.165, 1.54) is 70.6 Å². The summed E-state index contributed by atoms with van der Waals surface area (Å²) in [5, 5.41) is 41.8.